The number of halogens is 3. The number of benzene rings is 3. The van der Waals surface area contributed by atoms with Crippen molar-refractivity contribution >= 4 is 17.8 Å². The van der Waals surface area contributed by atoms with Gasteiger partial charge in [0.25, 0.3) is 11.6 Å². The van der Waals surface area contributed by atoms with E-state index in [-0.39, 0.29) is 17.9 Å². The summed E-state index contributed by atoms with van der Waals surface area (Å²) in [6.45, 7) is 0.141. The minimum atomic E-state index is -4.54. The molecule has 3 rings (SSSR count). The zero-order valence-corrected chi connectivity index (χ0v) is 16.4. The molecule has 3 aromatic carbocycles. The van der Waals surface area contributed by atoms with E-state index in [1.807, 2.05) is 0 Å². The maximum atomic E-state index is 12.7. The van der Waals surface area contributed by atoms with Crippen LogP contribution in [0.1, 0.15) is 27.0 Å². The van der Waals surface area contributed by atoms with E-state index in [4.69, 9.17) is 4.74 Å². The number of non-ortho nitro benzene ring substituents is 1. The molecule has 0 radical (unpaired) electrons. The average molecular weight is 443 g/mol. The van der Waals surface area contributed by atoms with Crippen molar-refractivity contribution in [1.29, 1.82) is 0 Å². The molecule has 0 unspecified atom stereocenters. The first kappa shape index (κ1) is 22.5. The molecule has 0 fully saturated rings. The zero-order valence-electron chi connectivity index (χ0n) is 16.4. The molecular weight excluding hydrogens is 427 g/mol. The highest BCUT2D eigenvalue weighted by Gasteiger charge is 2.30. The second-order valence-electron chi connectivity index (χ2n) is 6.56. The molecule has 0 aliphatic rings. The minimum absolute atomic E-state index is 0.0233. The van der Waals surface area contributed by atoms with Gasteiger partial charge in [0.15, 0.2) is 0 Å². The molecule has 3 aromatic rings. The molecule has 7 nitrogen and oxygen atoms in total. The smallest absolute Gasteiger partial charge is 0.416 e. The Morgan fingerprint density at radius 3 is 2.47 bits per heavy atom. The number of carbonyl (C=O) groups excluding carboxylic acids is 1. The Kier molecular flexibility index (Phi) is 6.83. The van der Waals surface area contributed by atoms with E-state index in [2.05, 4.69) is 10.5 Å². The molecule has 1 N–H and O–H groups in total. The largest absolute Gasteiger partial charge is 0.489 e. The Morgan fingerprint density at radius 2 is 1.78 bits per heavy atom. The highest BCUT2D eigenvalue weighted by Crippen LogP contribution is 2.29. The van der Waals surface area contributed by atoms with Crippen molar-refractivity contribution in [1.82, 2.24) is 5.43 Å². The molecule has 32 heavy (non-hydrogen) atoms. The van der Waals surface area contributed by atoms with E-state index in [0.717, 1.165) is 18.2 Å². The third kappa shape index (κ3) is 6.14. The molecule has 0 saturated heterocycles. The van der Waals surface area contributed by atoms with E-state index in [1.54, 1.807) is 36.4 Å². The summed E-state index contributed by atoms with van der Waals surface area (Å²) >= 11 is 0. The standard InChI is InChI=1S/C22H16F3N3O4/c23-22(24,25)18-5-2-4-17(12-18)21(29)27-26-13-15-7-9-20(10-8-15)32-14-16-3-1-6-19(11-16)28(30)31/h1-13H,14H2,(H,27,29)/b26-13-. The molecular formula is C22H16F3N3O4. The minimum Gasteiger partial charge on any atom is -0.489 e. The van der Waals surface area contributed by atoms with Crippen molar-refractivity contribution in [2.45, 2.75) is 12.8 Å². The topological polar surface area (TPSA) is 93.8 Å². The van der Waals surface area contributed by atoms with Gasteiger partial charge in [-0.1, -0.05) is 18.2 Å². The third-order valence-corrected chi connectivity index (χ3v) is 4.24. The highest BCUT2D eigenvalue weighted by atomic mass is 19.4. The van der Waals surface area contributed by atoms with Crippen molar-refractivity contribution in [3.05, 3.63) is 105 Å². The van der Waals surface area contributed by atoms with Gasteiger partial charge in [0.2, 0.25) is 0 Å². The van der Waals surface area contributed by atoms with E-state index < -0.39 is 22.6 Å². The summed E-state index contributed by atoms with van der Waals surface area (Å²) in [6.07, 6.45) is -3.21. The van der Waals surface area contributed by atoms with Crippen molar-refractivity contribution in [2.24, 2.45) is 5.10 Å². The summed E-state index contributed by atoms with van der Waals surface area (Å²) in [7, 11) is 0. The average Bonchev–Trinajstić information content (AvgIpc) is 2.78. The van der Waals surface area contributed by atoms with Crippen LogP contribution in [0, 0.1) is 10.1 Å². The number of ether oxygens (including phenoxy) is 1. The third-order valence-electron chi connectivity index (χ3n) is 4.24. The van der Waals surface area contributed by atoms with Crippen LogP contribution in [0.4, 0.5) is 18.9 Å². The van der Waals surface area contributed by atoms with Gasteiger partial charge in [-0.25, -0.2) is 5.43 Å². The first-order chi connectivity index (χ1) is 15.2. The number of nitro benzene ring substituents is 1. The van der Waals surface area contributed by atoms with Crippen LogP contribution in [-0.4, -0.2) is 17.0 Å². The van der Waals surface area contributed by atoms with Gasteiger partial charge in [-0.2, -0.15) is 18.3 Å². The normalized spacial score (nSPS) is 11.3. The number of nitrogens with one attached hydrogen (secondary N) is 1. The van der Waals surface area contributed by atoms with Crippen LogP contribution >= 0.6 is 0 Å². The van der Waals surface area contributed by atoms with Gasteiger partial charge in [0.05, 0.1) is 16.7 Å². The van der Waals surface area contributed by atoms with Crippen LogP contribution in [0.15, 0.2) is 77.9 Å². The lowest BCUT2D eigenvalue weighted by Gasteiger charge is -2.08. The van der Waals surface area contributed by atoms with Crippen LogP contribution in [0.3, 0.4) is 0 Å². The lowest BCUT2D eigenvalue weighted by Crippen LogP contribution is -2.18. The monoisotopic (exact) mass is 443 g/mol. The summed E-state index contributed by atoms with van der Waals surface area (Å²) < 4.78 is 43.8. The van der Waals surface area contributed by atoms with Gasteiger partial charge < -0.3 is 4.74 Å². The van der Waals surface area contributed by atoms with Gasteiger partial charge in [0, 0.05) is 17.7 Å². The molecule has 0 spiro atoms. The van der Waals surface area contributed by atoms with Gasteiger partial charge in [-0.15, -0.1) is 0 Å². The number of amides is 1. The molecule has 0 aliphatic heterocycles. The quantitative estimate of drug-likeness (QED) is 0.317. The van der Waals surface area contributed by atoms with Gasteiger partial charge in [0.1, 0.15) is 12.4 Å². The Balaban J connectivity index is 1.55. The van der Waals surface area contributed by atoms with E-state index in [9.17, 15) is 28.1 Å². The summed E-state index contributed by atoms with van der Waals surface area (Å²) in [6, 6.07) is 16.7. The van der Waals surface area contributed by atoms with Crippen LogP contribution in [0.5, 0.6) is 5.75 Å². The number of alkyl halides is 3. The first-order valence-corrected chi connectivity index (χ1v) is 9.19. The molecule has 0 aromatic heterocycles. The van der Waals surface area contributed by atoms with E-state index in [1.165, 1.54) is 24.4 Å². The molecule has 0 aliphatic carbocycles. The Labute approximate surface area is 180 Å². The number of hydrogen-bond donors (Lipinski definition) is 1. The SMILES string of the molecule is O=C(N/N=C\c1ccc(OCc2cccc([N+](=O)[O-])c2)cc1)c1cccc(C(F)(F)F)c1. The van der Waals surface area contributed by atoms with Crippen LogP contribution in [-0.2, 0) is 12.8 Å². The molecule has 10 heteroatoms. The molecule has 164 valence electrons. The Morgan fingerprint density at radius 1 is 1.06 bits per heavy atom. The fraction of sp³-hybridized carbons (Fsp3) is 0.0909. The van der Waals surface area contributed by atoms with Gasteiger partial charge >= 0.3 is 6.18 Å². The van der Waals surface area contributed by atoms with E-state index in [0.29, 0.717) is 16.9 Å². The van der Waals surface area contributed by atoms with E-state index >= 15 is 0 Å². The number of nitrogens with zero attached hydrogens (tertiary/aromatic N) is 2. The second-order valence-corrected chi connectivity index (χ2v) is 6.56. The number of hydrazone groups is 1. The van der Waals surface area contributed by atoms with Gasteiger partial charge in [-0.3, -0.25) is 14.9 Å². The zero-order chi connectivity index (χ0) is 23.1. The molecule has 0 atom stereocenters. The fourth-order valence-corrected chi connectivity index (χ4v) is 2.64. The van der Waals surface area contributed by atoms with Crippen LogP contribution in [0.25, 0.3) is 0 Å². The molecule has 0 heterocycles. The summed E-state index contributed by atoms with van der Waals surface area (Å²) in [4.78, 5) is 22.3. The predicted molar refractivity (Wildman–Crippen MR) is 110 cm³/mol. The number of rotatable bonds is 7. The number of hydrogen-bond acceptors (Lipinski definition) is 5. The summed E-state index contributed by atoms with van der Waals surface area (Å²) in [5.74, 6) is -0.258. The van der Waals surface area contributed by atoms with Crippen LogP contribution < -0.4 is 10.2 Å². The fourth-order valence-electron chi connectivity index (χ4n) is 2.64. The first-order valence-electron chi connectivity index (χ1n) is 9.19. The predicted octanol–water partition coefficient (Wildman–Crippen LogP) is 4.96. The Bertz CT molecular complexity index is 1150. The van der Waals surface area contributed by atoms with Crippen LogP contribution in [0.2, 0.25) is 0 Å². The number of carbonyl (C=O) groups is 1. The lowest BCUT2D eigenvalue weighted by molar-refractivity contribution is -0.384. The van der Waals surface area contributed by atoms with Crippen molar-refractivity contribution in [3.63, 3.8) is 0 Å². The van der Waals surface area contributed by atoms with Gasteiger partial charge in [-0.05, 0) is 53.6 Å². The van der Waals surface area contributed by atoms with Crippen molar-refractivity contribution in [3.8, 4) is 5.75 Å². The molecule has 0 saturated carbocycles. The molecule has 1 amide bonds. The molecule has 0 bridgehead atoms. The van der Waals surface area contributed by atoms with Crippen molar-refractivity contribution in [2.75, 3.05) is 0 Å². The number of nitro groups is 1. The maximum Gasteiger partial charge on any atom is 0.416 e. The van der Waals surface area contributed by atoms with Crippen molar-refractivity contribution < 1.29 is 27.6 Å². The summed E-state index contributed by atoms with van der Waals surface area (Å²) in [5.41, 5.74) is 2.32. The highest BCUT2D eigenvalue weighted by molar-refractivity contribution is 5.95. The maximum absolute atomic E-state index is 12.7. The summed E-state index contributed by atoms with van der Waals surface area (Å²) in [5, 5.41) is 14.6. The Hall–Kier alpha value is -4.21. The lowest BCUT2D eigenvalue weighted by atomic mass is 10.1. The second kappa shape index (κ2) is 9.73.